The number of amides is 2. The van der Waals surface area contributed by atoms with Gasteiger partial charge < -0.3 is 25.6 Å². The van der Waals surface area contributed by atoms with Crippen molar-refractivity contribution in [3.05, 3.63) is 27.3 Å². The van der Waals surface area contributed by atoms with E-state index in [9.17, 15) is 24.7 Å². The topological polar surface area (TPSA) is 178 Å². The summed E-state index contributed by atoms with van der Waals surface area (Å²) in [5.74, 6) is -3.45. The number of β-lactam (4-membered cyclic amide) rings is 1. The van der Waals surface area contributed by atoms with Crippen molar-refractivity contribution in [2.45, 2.75) is 11.4 Å². The van der Waals surface area contributed by atoms with E-state index >= 15 is 0 Å². The number of thiazole rings is 1. The molecule has 0 aromatic carbocycles. The number of aromatic nitrogens is 1. The van der Waals surface area contributed by atoms with Gasteiger partial charge in [0.15, 0.2) is 11.4 Å². The van der Waals surface area contributed by atoms with Crippen molar-refractivity contribution >= 4 is 46.6 Å². The molecule has 0 unspecified atom stereocenters. The molecular weight excluding hydrogens is 402 g/mol. The second-order valence-electron chi connectivity index (χ2n) is 5.32. The Hall–Kier alpha value is -3.00. The molecule has 0 spiro atoms. The van der Waals surface area contributed by atoms with Gasteiger partial charge in [-0.25, -0.2) is 4.79 Å². The molecule has 1 aromatic heterocycles. The van der Waals surface area contributed by atoms with Crippen molar-refractivity contribution in [3.63, 3.8) is 0 Å². The first-order valence-corrected chi connectivity index (χ1v) is 9.17. The lowest BCUT2D eigenvalue weighted by molar-refractivity contribution is -0.150. The number of oxime groups is 1. The lowest BCUT2D eigenvalue weighted by Crippen LogP contribution is -2.71. The van der Waals surface area contributed by atoms with Gasteiger partial charge in [-0.2, -0.15) is 4.73 Å². The number of aliphatic hydroxyl groups is 1. The third kappa shape index (κ3) is 3.02. The van der Waals surface area contributed by atoms with Gasteiger partial charge in [0.05, 0.1) is 5.75 Å². The van der Waals surface area contributed by atoms with Crippen LogP contribution in [0.15, 0.2) is 22.0 Å². The maximum Gasteiger partial charge on any atom is 0.356 e. The molecule has 0 bridgehead atoms. The number of aliphatic carboxylic acids is 1. The SMILES string of the molecule is CON=C(C(=O)N[C@@H]1C(=O)N2C(C(=O)O)=C(O)CS[C@@H]12)c1csc(=N)n1O. The molecule has 2 aliphatic rings. The highest BCUT2D eigenvalue weighted by molar-refractivity contribution is 8.00. The van der Waals surface area contributed by atoms with E-state index in [4.69, 9.17) is 10.5 Å². The van der Waals surface area contributed by atoms with E-state index in [0.29, 0.717) is 4.73 Å². The van der Waals surface area contributed by atoms with E-state index in [1.54, 1.807) is 0 Å². The number of thioether (sulfide) groups is 1. The second kappa shape index (κ2) is 6.96. The Kier molecular flexibility index (Phi) is 4.84. The molecule has 3 rings (SSSR count). The van der Waals surface area contributed by atoms with E-state index in [0.717, 1.165) is 28.0 Å². The molecule has 3 heterocycles. The molecule has 2 aliphatic heterocycles. The van der Waals surface area contributed by atoms with Gasteiger partial charge in [0, 0.05) is 5.38 Å². The molecule has 1 fully saturated rings. The fraction of sp³-hybridized carbons (Fsp3) is 0.308. The number of carboxylic acid groups (broad SMARTS) is 1. The maximum absolute atomic E-state index is 12.5. The van der Waals surface area contributed by atoms with E-state index in [1.807, 2.05) is 0 Å². The number of carboxylic acids is 1. The Morgan fingerprint density at radius 2 is 2.19 bits per heavy atom. The molecule has 5 N–H and O–H groups in total. The van der Waals surface area contributed by atoms with Crippen LogP contribution in [0.4, 0.5) is 0 Å². The Morgan fingerprint density at radius 1 is 1.48 bits per heavy atom. The number of fused-ring (bicyclic) bond motifs is 1. The van der Waals surface area contributed by atoms with Crippen LogP contribution in [0.1, 0.15) is 5.69 Å². The molecule has 2 amide bonds. The van der Waals surface area contributed by atoms with Crippen molar-refractivity contribution in [2.75, 3.05) is 12.9 Å². The monoisotopic (exact) mass is 415 g/mol. The van der Waals surface area contributed by atoms with Crippen molar-refractivity contribution in [3.8, 4) is 0 Å². The lowest BCUT2D eigenvalue weighted by Gasteiger charge is -2.48. The van der Waals surface area contributed by atoms with Crippen LogP contribution >= 0.6 is 23.1 Å². The molecule has 0 radical (unpaired) electrons. The molecule has 14 heteroatoms. The van der Waals surface area contributed by atoms with Crippen LogP contribution in [-0.4, -0.2) is 72.8 Å². The number of hydrogen-bond donors (Lipinski definition) is 5. The van der Waals surface area contributed by atoms with Gasteiger partial charge in [0.2, 0.25) is 4.80 Å². The summed E-state index contributed by atoms with van der Waals surface area (Å²) in [4.78, 5) is 41.4. The highest BCUT2D eigenvalue weighted by Crippen LogP contribution is 2.39. The summed E-state index contributed by atoms with van der Waals surface area (Å²) in [5.41, 5.74) is -0.975. The number of nitrogens with one attached hydrogen (secondary N) is 2. The predicted octanol–water partition coefficient (Wildman–Crippen LogP) is -1.13. The van der Waals surface area contributed by atoms with Crippen molar-refractivity contribution in [1.82, 2.24) is 14.9 Å². The Morgan fingerprint density at radius 3 is 2.74 bits per heavy atom. The van der Waals surface area contributed by atoms with Gasteiger partial charge in [-0.1, -0.05) is 5.16 Å². The normalized spacial score (nSPS) is 22.2. The minimum atomic E-state index is -1.44. The van der Waals surface area contributed by atoms with E-state index in [2.05, 4.69) is 15.3 Å². The zero-order valence-corrected chi connectivity index (χ0v) is 15.2. The summed E-state index contributed by atoms with van der Waals surface area (Å²) < 4.78 is 0.440. The third-order valence-corrected chi connectivity index (χ3v) is 5.78. The number of hydrogen-bond acceptors (Lipinski definition) is 10. The maximum atomic E-state index is 12.5. The second-order valence-corrected chi connectivity index (χ2v) is 7.28. The van der Waals surface area contributed by atoms with Gasteiger partial charge in [0.25, 0.3) is 11.8 Å². The third-order valence-electron chi connectivity index (χ3n) is 3.78. The highest BCUT2D eigenvalue weighted by Gasteiger charge is 2.54. The van der Waals surface area contributed by atoms with Crippen LogP contribution in [0.5, 0.6) is 0 Å². The Balaban J connectivity index is 1.82. The van der Waals surface area contributed by atoms with Gasteiger partial charge in [-0.15, -0.1) is 23.1 Å². The summed E-state index contributed by atoms with van der Waals surface area (Å²) in [7, 11) is 1.18. The van der Waals surface area contributed by atoms with Crippen molar-refractivity contribution < 1.29 is 34.6 Å². The first kappa shape index (κ1) is 18.8. The minimum absolute atomic E-state index is 0.0230. The van der Waals surface area contributed by atoms with Gasteiger partial charge in [0.1, 0.15) is 30.0 Å². The molecule has 12 nitrogen and oxygen atoms in total. The molecule has 1 saturated heterocycles. The summed E-state index contributed by atoms with van der Waals surface area (Å²) in [5, 5.41) is 42.7. The molecule has 1 aromatic rings. The van der Waals surface area contributed by atoms with Crippen molar-refractivity contribution in [2.24, 2.45) is 5.16 Å². The highest BCUT2D eigenvalue weighted by atomic mass is 32.2. The van der Waals surface area contributed by atoms with Crippen LogP contribution in [0.25, 0.3) is 0 Å². The molecule has 27 heavy (non-hydrogen) atoms. The van der Waals surface area contributed by atoms with Gasteiger partial charge in [-0.3, -0.25) is 19.9 Å². The van der Waals surface area contributed by atoms with E-state index in [1.165, 1.54) is 12.5 Å². The van der Waals surface area contributed by atoms with Gasteiger partial charge in [-0.05, 0) is 0 Å². The molecule has 144 valence electrons. The Labute approximate surface area is 158 Å². The average molecular weight is 415 g/mol. The summed E-state index contributed by atoms with van der Waals surface area (Å²) in [6.07, 6.45) is 0. The quantitative estimate of drug-likeness (QED) is 0.174. The van der Waals surface area contributed by atoms with Crippen LogP contribution in [0.3, 0.4) is 0 Å². The van der Waals surface area contributed by atoms with E-state index < -0.39 is 40.7 Å². The van der Waals surface area contributed by atoms with Crippen LogP contribution in [0, 0.1) is 5.41 Å². The van der Waals surface area contributed by atoms with Crippen molar-refractivity contribution in [1.29, 1.82) is 5.41 Å². The standard InChI is InChI=1S/C13H13N5O7S2/c1-25-16-6(4-2-27-13(14)18(4)24)9(20)15-7-10(21)17-8(12(22)23)5(19)3-26-11(7)17/h2,7,11,14,19,24H,3H2,1H3,(H,15,20)(H,22,23)/t7-,11+/m1/s1. The molecular formula is C13H13N5O7S2. The predicted molar refractivity (Wildman–Crippen MR) is 91.2 cm³/mol. The fourth-order valence-corrected chi connectivity index (χ4v) is 4.42. The average Bonchev–Trinajstić information content (AvgIpc) is 2.95. The largest absolute Gasteiger partial charge is 0.509 e. The zero-order chi connectivity index (χ0) is 19.9. The summed E-state index contributed by atoms with van der Waals surface area (Å²) >= 11 is 1.94. The van der Waals surface area contributed by atoms with Crippen LogP contribution in [-0.2, 0) is 19.2 Å². The summed E-state index contributed by atoms with van der Waals surface area (Å²) in [6, 6.07) is -1.05. The number of nitrogens with zero attached hydrogens (tertiary/aromatic N) is 3. The first-order valence-electron chi connectivity index (χ1n) is 7.24. The zero-order valence-electron chi connectivity index (χ0n) is 13.6. The number of carbonyl (C=O) groups excluding carboxylic acids is 2. The first-order chi connectivity index (χ1) is 12.8. The smallest absolute Gasteiger partial charge is 0.356 e. The molecule has 0 saturated carbocycles. The Bertz CT molecular complexity index is 949. The van der Waals surface area contributed by atoms with E-state index in [-0.39, 0.29) is 22.0 Å². The fourth-order valence-electron chi connectivity index (χ4n) is 2.59. The summed E-state index contributed by atoms with van der Waals surface area (Å²) in [6.45, 7) is 0. The number of carbonyl (C=O) groups is 3. The number of rotatable bonds is 5. The van der Waals surface area contributed by atoms with Gasteiger partial charge >= 0.3 is 5.97 Å². The molecule has 0 aliphatic carbocycles. The lowest BCUT2D eigenvalue weighted by atomic mass is 10.0. The number of aliphatic hydroxyl groups excluding tert-OH is 1. The molecule has 2 atom stereocenters. The van der Waals surface area contributed by atoms with Crippen LogP contribution < -0.4 is 10.1 Å². The van der Waals surface area contributed by atoms with Crippen LogP contribution in [0.2, 0.25) is 0 Å². The minimum Gasteiger partial charge on any atom is -0.509 e.